The van der Waals surface area contributed by atoms with Crippen molar-refractivity contribution in [3.63, 3.8) is 0 Å². The first-order valence-corrected chi connectivity index (χ1v) is 7.94. The maximum absolute atomic E-state index is 12.2. The third kappa shape index (κ3) is 5.32. The fourth-order valence-electron chi connectivity index (χ4n) is 2.41. The van der Waals surface area contributed by atoms with E-state index >= 15 is 0 Å². The number of rotatable bonds is 6. The van der Waals surface area contributed by atoms with Crippen LogP contribution in [0.25, 0.3) is 0 Å². The molecular formula is C19H22N2O4. The van der Waals surface area contributed by atoms with E-state index in [2.05, 4.69) is 15.4 Å². The number of aliphatic hydroxyl groups is 1. The Morgan fingerprint density at radius 3 is 2.52 bits per heavy atom. The molecule has 0 radical (unpaired) electrons. The Labute approximate surface area is 146 Å². The molecule has 0 aliphatic carbocycles. The van der Waals surface area contributed by atoms with Crippen molar-refractivity contribution in [3.8, 4) is 0 Å². The summed E-state index contributed by atoms with van der Waals surface area (Å²) < 4.78 is 4.68. The van der Waals surface area contributed by atoms with E-state index in [4.69, 9.17) is 0 Å². The maximum Gasteiger partial charge on any atom is 0.337 e. The van der Waals surface area contributed by atoms with Gasteiger partial charge in [0.15, 0.2) is 0 Å². The SMILES string of the molecule is COC(=O)c1ccc(C)c(NC(=O)NC(CO)Cc2ccccc2)c1. The summed E-state index contributed by atoms with van der Waals surface area (Å²) in [6, 6.07) is 13.7. The Kier molecular flexibility index (Phi) is 6.54. The third-order valence-corrected chi connectivity index (χ3v) is 3.79. The van der Waals surface area contributed by atoms with Gasteiger partial charge in [-0.15, -0.1) is 0 Å². The number of amides is 2. The zero-order valence-corrected chi connectivity index (χ0v) is 14.3. The first kappa shape index (κ1) is 18.5. The molecule has 6 heteroatoms. The number of hydrogen-bond acceptors (Lipinski definition) is 4. The second-order valence-corrected chi connectivity index (χ2v) is 5.69. The van der Waals surface area contributed by atoms with Gasteiger partial charge in [-0.1, -0.05) is 36.4 Å². The Balaban J connectivity index is 2.02. The lowest BCUT2D eigenvalue weighted by Crippen LogP contribution is -2.41. The Morgan fingerprint density at radius 2 is 1.88 bits per heavy atom. The molecule has 0 aliphatic rings. The van der Waals surface area contributed by atoms with Crippen LogP contribution in [0.2, 0.25) is 0 Å². The van der Waals surface area contributed by atoms with E-state index in [1.807, 2.05) is 37.3 Å². The lowest BCUT2D eigenvalue weighted by molar-refractivity contribution is 0.0600. The molecule has 1 unspecified atom stereocenters. The van der Waals surface area contributed by atoms with E-state index in [9.17, 15) is 14.7 Å². The summed E-state index contributed by atoms with van der Waals surface area (Å²) in [5.74, 6) is -0.472. The van der Waals surface area contributed by atoms with Crippen molar-refractivity contribution < 1.29 is 19.4 Å². The van der Waals surface area contributed by atoms with E-state index in [0.717, 1.165) is 11.1 Å². The first-order chi connectivity index (χ1) is 12.0. The molecule has 6 nitrogen and oxygen atoms in total. The van der Waals surface area contributed by atoms with Crippen molar-refractivity contribution in [2.75, 3.05) is 19.0 Å². The maximum atomic E-state index is 12.2. The van der Waals surface area contributed by atoms with Gasteiger partial charge in [0.1, 0.15) is 0 Å². The summed E-state index contributed by atoms with van der Waals surface area (Å²) in [6.45, 7) is 1.65. The molecular weight excluding hydrogens is 320 g/mol. The number of carbonyl (C=O) groups is 2. The molecule has 0 aromatic heterocycles. The van der Waals surface area contributed by atoms with Crippen molar-refractivity contribution in [3.05, 3.63) is 65.2 Å². The van der Waals surface area contributed by atoms with Gasteiger partial charge in [-0.05, 0) is 36.6 Å². The second kappa shape index (κ2) is 8.84. The largest absolute Gasteiger partial charge is 0.465 e. The van der Waals surface area contributed by atoms with Gasteiger partial charge in [0.05, 0.1) is 25.3 Å². The van der Waals surface area contributed by atoms with Crippen LogP contribution in [0.3, 0.4) is 0 Å². The van der Waals surface area contributed by atoms with Crippen molar-refractivity contribution in [1.29, 1.82) is 0 Å². The molecule has 0 saturated heterocycles. The average molecular weight is 342 g/mol. The molecule has 2 rings (SSSR count). The van der Waals surface area contributed by atoms with Gasteiger partial charge in [-0.3, -0.25) is 0 Å². The van der Waals surface area contributed by atoms with Crippen molar-refractivity contribution >= 4 is 17.7 Å². The number of carbonyl (C=O) groups excluding carboxylic acids is 2. The van der Waals surface area contributed by atoms with Gasteiger partial charge in [-0.25, -0.2) is 9.59 Å². The van der Waals surface area contributed by atoms with Crippen LogP contribution in [0.1, 0.15) is 21.5 Å². The number of anilines is 1. The number of benzene rings is 2. The molecule has 0 bridgehead atoms. The van der Waals surface area contributed by atoms with Crippen LogP contribution in [0.15, 0.2) is 48.5 Å². The summed E-state index contributed by atoms with van der Waals surface area (Å²) in [4.78, 5) is 23.8. The Hall–Kier alpha value is -2.86. The Bertz CT molecular complexity index is 731. The zero-order valence-electron chi connectivity index (χ0n) is 14.3. The summed E-state index contributed by atoms with van der Waals surface area (Å²) in [6.07, 6.45) is 0.520. The standard InChI is InChI=1S/C19H22N2O4/c1-13-8-9-15(18(23)25-2)11-17(13)21-19(24)20-16(12-22)10-14-6-4-3-5-7-14/h3-9,11,16,22H,10,12H2,1-2H3,(H2,20,21,24). The fourth-order valence-corrected chi connectivity index (χ4v) is 2.41. The number of esters is 1. The molecule has 0 spiro atoms. The highest BCUT2D eigenvalue weighted by Gasteiger charge is 2.14. The minimum Gasteiger partial charge on any atom is -0.465 e. The van der Waals surface area contributed by atoms with Crippen LogP contribution in [0, 0.1) is 6.92 Å². The minimum atomic E-state index is -0.472. The molecule has 0 aliphatic heterocycles. The molecule has 0 heterocycles. The molecule has 25 heavy (non-hydrogen) atoms. The predicted molar refractivity (Wildman–Crippen MR) is 95.7 cm³/mol. The second-order valence-electron chi connectivity index (χ2n) is 5.69. The molecule has 1 atom stereocenters. The highest BCUT2D eigenvalue weighted by Crippen LogP contribution is 2.17. The fraction of sp³-hybridized carbons (Fsp3) is 0.263. The molecule has 2 aromatic carbocycles. The molecule has 0 fully saturated rings. The van der Waals surface area contributed by atoms with Crippen molar-refractivity contribution in [1.82, 2.24) is 5.32 Å². The molecule has 3 N–H and O–H groups in total. The first-order valence-electron chi connectivity index (χ1n) is 7.94. The molecule has 2 amide bonds. The number of ether oxygens (including phenoxy) is 1. The van der Waals surface area contributed by atoms with E-state index in [-0.39, 0.29) is 6.61 Å². The number of hydrogen-bond donors (Lipinski definition) is 3. The number of nitrogens with one attached hydrogen (secondary N) is 2. The minimum absolute atomic E-state index is 0.177. The zero-order chi connectivity index (χ0) is 18.2. The van der Waals surface area contributed by atoms with Gasteiger partial charge in [0.25, 0.3) is 0 Å². The molecule has 2 aromatic rings. The smallest absolute Gasteiger partial charge is 0.337 e. The van der Waals surface area contributed by atoms with E-state index in [1.54, 1.807) is 18.2 Å². The van der Waals surface area contributed by atoms with Gasteiger partial charge in [0, 0.05) is 5.69 Å². The number of aliphatic hydroxyl groups excluding tert-OH is 1. The normalized spacial score (nSPS) is 11.5. The van der Waals surface area contributed by atoms with Crippen LogP contribution in [0.4, 0.5) is 10.5 Å². The quantitative estimate of drug-likeness (QED) is 0.704. The summed E-state index contributed by atoms with van der Waals surface area (Å²) in [5.41, 5.74) is 2.69. The van der Waals surface area contributed by atoms with E-state index in [1.165, 1.54) is 7.11 Å². The third-order valence-electron chi connectivity index (χ3n) is 3.79. The summed E-state index contributed by atoms with van der Waals surface area (Å²) in [5, 5.41) is 15.0. The van der Waals surface area contributed by atoms with E-state index in [0.29, 0.717) is 17.7 Å². The van der Waals surface area contributed by atoms with Crippen LogP contribution < -0.4 is 10.6 Å². The van der Waals surface area contributed by atoms with Crippen LogP contribution in [-0.2, 0) is 11.2 Å². The molecule has 0 saturated carbocycles. The Morgan fingerprint density at radius 1 is 1.16 bits per heavy atom. The predicted octanol–water partition coefficient (Wildman–Crippen LogP) is 2.51. The highest BCUT2D eigenvalue weighted by molar-refractivity contribution is 5.94. The average Bonchev–Trinajstić information content (AvgIpc) is 2.63. The lowest BCUT2D eigenvalue weighted by Gasteiger charge is -2.18. The summed E-state index contributed by atoms with van der Waals surface area (Å²) in [7, 11) is 1.30. The van der Waals surface area contributed by atoms with Gasteiger partial charge in [0.2, 0.25) is 0 Å². The van der Waals surface area contributed by atoms with Gasteiger partial charge in [-0.2, -0.15) is 0 Å². The van der Waals surface area contributed by atoms with E-state index < -0.39 is 18.0 Å². The monoisotopic (exact) mass is 342 g/mol. The van der Waals surface area contributed by atoms with Gasteiger partial charge >= 0.3 is 12.0 Å². The topological polar surface area (TPSA) is 87.7 Å². The number of aryl methyl sites for hydroxylation is 1. The lowest BCUT2D eigenvalue weighted by atomic mass is 10.1. The highest BCUT2D eigenvalue weighted by atomic mass is 16.5. The van der Waals surface area contributed by atoms with Gasteiger partial charge < -0.3 is 20.5 Å². The van der Waals surface area contributed by atoms with Crippen LogP contribution >= 0.6 is 0 Å². The van der Waals surface area contributed by atoms with Crippen LogP contribution in [-0.4, -0.2) is 36.9 Å². The number of urea groups is 1. The van der Waals surface area contributed by atoms with Crippen LogP contribution in [0.5, 0.6) is 0 Å². The summed E-state index contributed by atoms with van der Waals surface area (Å²) >= 11 is 0. The van der Waals surface area contributed by atoms with Crippen molar-refractivity contribution in [2.24, 2.45) is 0 Å². The van der Waals surface area contributed by atoms with Crippen molar-refractivity contribution in [2.45, 2.75) is 19.4 Å². The molecule has 132 valence electrons. The number of methoxy groups -OCH3 is 1.